The predicted molar refractivity (Wildman–Crippen MR) is 78.3 cm³/mol. The van der Waals surface area contributed by atoms with Crippen LogP contribution in [0.15, 0.2) is 0 Å². The van der Waals surface area contributed by atoms with Crippen LogP contribution in [0.2, 0.25) is 0 Å². The van der Waals surface area contributed by atoms with Gasteiger partial charge in [0, 0.05) is 6.42 Å². The van der Waals surface area contributed by atoms with Gasteiger partial charge in [-0.2, -0.15) is 0 Å². The van der Waals surface area contributed by atoms with Crippen LogP contribution >= 0.6 is 11.6 Å². The minimum atomic E-state index is -3.20. The number of carbonyl (C=O) groups is 1. The molecule has 0 aliphatic heterocycles. The van der Waals surface area contributed by atoms with E-state index in [1.165, 1.54) is 0 Å². The molecule has 1 unspecified atom stereocenters. The summed E-state index contributed by atoms with van der Waals surface area (Å²) in [5.41, 5.74) is 0. The van der Waals surface area contributed by atoms with Crippen molar-refractivity contribution in [3.63, 3.8) is 0 Å². The van der Waals surface area contributed by atoms with E-state index < -0.39 is 20.5 Å². The summed E-state index contributed by atoms with van der Waals surface area (Å²) in [7, 11) is -3.20. The van der Waals surface area contributed by atoms with Crippen molar-refractivity contribution < 1.29 is 18.3 Å². The molecule has 0 aliphatic carbocycles. The quantitative estimate of drug-likeness (QED) is 0.441. The maximum atomic E-state index is 11.8. The largest absolute Gasteiger partial charge is 0.481 e. The average molecular weight is 313 g/mol. The standard InChI is InChI=1S/C13H25ClO4S/c1-2-3-4-8-11-19(17,18)12(14)9-6-5-7-10-13(15)16/h12H,2-11H2,1H3,(H,15,16). The third kappa shape index (κ3) is 10.2. The Kier molecular flexibility index (Phi) is 10.3. The number of carboxylic acids is 1. The molecule has 0 aromatic heterocycles. The Labute approximate surface area is 121 Å². The van der Waals surface area contributed by atoms with Gasteiger partial charge in [0.2, 0.25) is 0 Å². The van der Waals surface area contributed by atoms with Crippen molar-refractivity contribution in [2.75, 3.05) is 5.75 Å². The summed E-state index contributed by atoms with van der Waals surface area (Å²) in [5.74, 6) is -0.651. The average Bonchev–Trinajstić information content (AvgIpc) is 2.33. The summed E-state index contributed by atoms with van der Waals surface area (Å²) >= 11 is 5.92. The van der Waals surface area contributed by atoms with Crippen LogP contribution in [-0.2, 0) is 14.6 Å². The summed E-state index contributed by atoms with van der Waals surface area (Å²) in [6, 6.07) is 0. The highest BCUT2D eigenvalue weighted by Gasteiger charge is 2.21. The van der Waals surface area contributed by atoms with Gasteiger partial charge in [0.05, 0.1) is 5.75 Å². The van der Waals surface area contributed by atoms with Gasteiger partial charge < -0.3 is 5.11 Å². The van der Waals surface area contributed by atoms with Crippen LogP contribution in [0.5, 0.6) is 0 Å². The van der Waals surface area contributed by atoms with Gasteiger partial charge in [-0.1, -0.05) is 39.0 Å². The van der Waals surface area contributed by atoms with Gasteiger partial charge in [0.25, 0.3) is 0 Å². The molecule has 0 bridgehead atoms. The second kappa shape index (κ2) is 10.5. The normalized spacial score (nSPS) is 13.4. The first-order valence-electron chi connectivity index (χ1n) is 6.97. The minimum absolute atomic E-state index is 0.136. The number of rotatable bonds is 12. The molecule has 19 heavy (non-hydrogen) atoms. The summed E-state index contributed by atoms with van der Waals surface area (Å²) in [4.78, 5) is 10.3. The first-order chi connectivity index (χ1) is 8.90. The van der Waals surface area contributed by atoms with Crippen LogP contribution in [0.25, 0.3) is 0 Å². The number of hydrogen-bond donors (Lipinski definition) is 1. The van der Waals surface area contributed by atoms with E-state index in [9.17, 15) is 13.2 Å². The van der Waals surface area contributed by atoms with Crippen molar-refractivity contribution >= 4 is 27.4 Å². The van der Waals surface area contributed by atoms with Crippen LogP contribution in [0.4, 0.5) is 0 Å². The highest BCUT2D eigenvalue weighted by atomic mass is 35.5. The van der Waals surface area contributed by atoms with Crippen molar-refractivity contribution in [3.05, 3.63) is 0 Å². The molecule has 0 saturated carbocycles. The Morgan fingerprint density at radius 2 is 1.74 bits per heavy atom. The molecule has 1 atom stereocenters. The fourth-order valence-corrected chi connectivity index (χ4v) is 3.60. The number of hydrogen-bond acceptors (Lipinski definition) is 3. The smallest absolute Gasteiger partial charge is 0.303 e. The van der Waals surface area contributed by atoms with Crippen LogP contribution in [0.3, 0.4) is 0 Å². The molecule has 0 saturated heterocycles. The number of halogens is 1. The van der Waals surface area contributed by atoms with Crippen molar-refractivity contribution in [2.24, 2.45) is 0 Å². The third-order valence-corrected chi connectivity index (χ3v) is 5.90. The number of sulfone groups is 1. The van der Waals surface area contributed by atoms with Gasteiger partial charge in [0.15, 0.2) is 9.84 Å². The minimum Gasteiger partial charge on any atom is -0.481 e. The molecule has 0 spiro atoms. The van der Waals surface area contributed by atoms with E-state index in [1.807, 2.05) is 0 Å². The van der Waals surface area contributed by atoms with Gasteiger partial charge >= 0.3 is 5.97 Å². The van der Waals surface area contributed by atoms with Gasteiger partial charge in [-0.15, -0.1) is 11.6 Å². The molecule has 0 amide bonds. The van der Waals surface area contributed by atoms with Crippen LogP contribution in [0.1, 0.15) is 64.7 Å². The molecular weight excluding hydrogens is 288 g/mol. The number of alkyl halides is 1. The first-order valence-corrected chi connectivity index (χ1v) is 9.12. The zero-order chi connectivity index (χ0) is 14.7. The van der Waals surface area contributed by atoms with Crippen LogP contribution in [0, 0.1) is 0 Å². The second-order valence-corrected chi connectivity index (χ2v) is 7.92. The maximum Gasteiger partial charge on any atom is 0.303 e. The molecule has 0 heterocycles. The zero-order valence-corrected chi connectivity index (χ0v) is 13.2. The highest BCUT2D eigenvalue weighted by Crippen LogP contribution is 2.18. The molecule has 1 N–H and O–H groups in total. The summed E-state index contributed by atoms with van der Waals surface area (Å²) in [6.45, 7) is 2.08. The molecule has 4 nitrogen and oxygen atoms in total. The van der Waals surface area contributed by atoms with Crippen molar-refractivity contribution in [1.82, 2.24) is 0 Å². The van der Waals surface area contributed by atoms with Crippen molar-refractivity contribution in [3.8, 4) is 0 Å². The second-order valence-electron chi connectivity index (χ2n) is 4.83. The molecule has 0 fully saturated rings. The molecule has 0 aromatic carbocycles. The maximum absolute atomic E-state index is 11.8. The fraction of sp³-hybridized carbons (Fsp3) is 0.923. The lowest BCUT2D eigenvalue weighted by Gasteiger charge is -2.10. The Bertz CT molecular complexity index is 341. The van der Waals surface area contributed by atoms with Gasteiger partial charge in [0.1, 0.15) is 4.71 Å². The lowest BCUT2D eigenvalue weighted by molar-refractivity contribution is -0.137. The monoisotopic (exact) mass is 312 g/mol. The Hall–Kier alpha value is -0.290. The zero-order valence-electron chi connectivity index (χ0n) is 11.6. The number of aliphatic carboxylic acids is 1. The summed E-state index contributed by atoms with van der Waals surface area (Å²) in [6.07, 6.45) is 6.24. The van der Waals surface area contributed by atoms with E-state index in [2.05, 4.69) is 6.92 Å². The van der Waals surface area contributed by atoms with Crippen LogP contribution < -0.4 is 0 Å². The topological polar surface area (TPSA) is 71.4 Å². The third-order valence-electron chi connectivity index (χ3n) is 2.99. The van der Waals surface area contributed by atoms with Crippen molar-refractivity contribution in [1.29, 1.82) is 0 Å². The Morgan fingerprint density at radius 3 is 2.32 bits per heavy atom. The van der Waals surface area contributed by atoms with E-state index in [0.717, 1.165) is 19.3 Å². The first kappa shape index (κ1) is 18.7. The van der Waals surface area contributed by atoms with Crippen LogP contribution in [-0.4, -0.2) is 30.0 Å². The van der Waals surface area contributed by atoms with E-state index >= 15 is 0 Å². The predicted octanol–water partition coefficient (Wildman–Crippen LogP) is 3.58. The summed E-state index contributed by atoms with van der Waals surface area (Å²) in [5, 5.41) is 8.47. The molecule has 0 aromatic rings. The van der Waals surface area contributed by atoms with E-state index in [0.29, 0.717) is 32.1 Å². The Morgan fingerprint density at radius 1 is 1.11 bits per heavy atom. The van der Waals surface area contributed by atoms with E-state index in [-0.39, 0.29) is 12.2 Å². The molecule has 0 radical (unpaired) electrons. The molecule has 0 rings (SSSR count). The molecular formula is C13H25ClO4S. The number of carboxylic acid groups (broad SMARTS) is 1. The molecule has 0 aliphatic rings. The van der Waals surface area contributed by atoms with Gasteiger partial charge in [-0.05, 0) is 19.3 Å². The van der Waals surface area contributed by atoms with Gasteiger partial charge in [-0.3, -0.25) is 4.79 Å². The molecule has 114 valence electrons. The lowest BCUT2D eigenvalue weighted by atomic mass is 10.1. The van der Waals surface area contributed by atoms with Crippen molar-refractivity contribution in [2.45, 2.75) is 69.4 Å². The SMILES string of the molecule is CCCCCCS(=O)(=O)C(Cl)CCCCCC(=O)O. The molecule has 6 heteroatoms. The van der Waals surface area contributed by atoms with E-state index in [1.54, 1.807) is 0 Å². The van der Waals surface area contributed by atoms with Gasteiger partial charge in [-0.25, -0.2) is 8.42 Å². The number of unbranched alkanes of at least 4 members (excludes halogenated alkanes) is 5. The Balaban J connectivity index is 3.78. The highest BCUT2D eigenvalue weighted by molar-refractivity contribution is 7.93. The lowest BCUT2D eigenvalue weighted by Crippen LogP contribution is -2.19. The summed E-state index contributed by atoms with van der Waals surface area (Å²) < 4.78 is 22.9. The van der Waals surface area contributed by atoms with E-state index in [4.69, 9.17) is 16.7 Å². The fourth-order valence-electron chi connectivity index (χ4n) is 1.80.